The van der Waals surface area contributed by atoms with E-state index in [0.29, 0.717) is 5.56 Å². The molecule has 1 atom stereocenters. The Morgan fingerprint density at radius 3 is 2.70 bits per heavy atom. The molecule has 3 N–H and O–H groups in total. The summed E-state index contributed by atoms with van der Waals surface area (Å²) in [6, 6.07) is 2.77. The molecule has 7 nitrogen and oxygen atoms in total. The Labute approximate surface area is 128 Å². The molecule has 0 bridgehead atoms. The van der Waals surface area contributed by atoms with E-state index in [0.717, 1.165) is 4.90 Å². The smallest absolute Gasteiger partial charge is 0.419 e. The van der Waals surface area contributed by atoms with Gasteiger partial charge in [0.05, 0.1) is 6.54 Å². The van der Waals surface area contributed by atoms with Crippen LogP contribution in [0.25, 0.3) is 0 Å². The molecule has 1 aliphatic heterocycles. The van der Waals surface area contributed by atoms with Crippen molar-refractivity contribution in [1.29, 1.82) is 0 Å². The highest BCUT2D eigenvalue weighted by atomic mass is 19.4. The fourth-order valence-electron chi connectivity index (χ4n) is 2.24. The van der Waals surface area contributed by atoms with Gasteiger partial charge in [-0.05, 0) is 17.7 Å². The third-order valence-corrected chi connectivity index (χ3v) is 3.55. The molecule has 0 spiro atoms. The third kappa shape index (κ3) is 3.70. The van der Waals surface area contributed by atoms with Crippen LogP contribution >= 0.6 is 0 Å². The third-order valence-electron chi connectivity index (χ3n) is 3.55. The number of nitrogens with one attached hydrogen (secondary N) is 1. The van der Waals surface area contributed by atoms with Gasteiger partial charge in [-0.15, -0.1) is 0 Å². The lowest BCUT2D eigenvalue weighted by Gasteiger charge is -2.25. The molecular formula is C13H14F3N3O4. The number of nitrogens with zero attached hydrogens (tertiary/aromatic N) is 2. The second-order valence-electron chi connectivity index (χ2n) is 5.21. The summed E-state index contributed by atoms with van der Waals surface area (Å²) in [6.07, 6.45) is -5.40. The van der Waals surface area contributed by atoms with Gasteiger partial charge >= 0.3 is 12.3 Å². The van der Waals surface area contributed by atoms with Crippen LogP contribution in [0.5, 0.6) is 0 Å². The fourth-order valence-corrected chi connectivity index (χ4v) is 2.24. The predicted octanol–water partition coefficient (Wildman–Crippen LogP) is 0.988. The minimum Gasteiger partial charge on any atom is -0.465 e. The molecule has 1 aromatic heterocycles. The highest BCUT2D eigenvalue weighted by molar-refractivity contribution is 5.92. The number of likely N-dealkylation sites (tertiary alicyclic amines) is 1. The van der Waals surface area contributed by atoms with Crippen LogP contribution in [0.4, 0.5) is 18.0 Å². The molecule has 0 radical (unpaired) electrons. The van der Waals surface area contributed by atoms with Crippen molar-refractivity contribution in [2.45, 2.75) is 24.7 Å². The fraction of sp³-hybridized carbons (Fsp3) is 0.462. The molecule has 126 valence electrons. The lowest BCUT2D eigenvalue weighted by Crippen LogP contribution is -2.48. The number of hydrogen-bond acceptors (Lipinski definition) is 4. The van der Waals surface area contributed by atoms with Crippen molar-refractivity contribution >= 4 is 12.0 Å². The van der Waals surface area contributed by atoms with E-state index in [1.807, 2.05) is 0 Å². The maximum Gasteiger partial charge on any atom is 0.419 e. The van der Waals surface area contributed by atoms with Crippen molar-refractivity contribution in [3.63, 3.8) is 0 Å². The van der Waals surface area contributed by atoms with Crippen molar-refractivity contribution in [3.8, 4) is 0 Å². The van der Waals surface area contributed by atoms with Gasteiger partial charge in [0.25, 0.3) is 5.91 Å². The van der Waals surface area contributed by atoms with Gasteiger partial charge in [0.1, 0.15) is 5.69 Å². The number of carbonyl (C=O) groups is 2. The predicted molar refractivity (Wildman–Crippen MR) is 70.6 cm³/mol. The van der Waals surface area contributed by atoms with Gasteiger partial charge in [0.15, 0.2) is 5.60 Å². The number of aromatic nitrogens is 1. The van der Waals surface area contributed by atoms with Crippen LogP contribution in [0.15, 0.2) is 18.3 Å². The first-order valence-corrected chi connectivity index (χ1v) is 6.62. The monoisotopic (exact) mass is 333 g/mol. The molecule has 1 aliphatic rings. The molecule has 1 saturated heterocycles. The summed E-state index contributed by atoms with van der Waals surface area (Å²) in [6.45, 7) is -1.16. The molecule has 10 heteroatoms. The Bertz CT molecular complexity index is 623. The van der Waals surface area contributed by atoms with Crippen LogP contribution in [0, 0.1) is 0 Å². The van der Waals surface area contributed by atoms with E-state index in [1.54, 1.807) is 0 Å². The first-order chi connectivity index (χ1) is 10.6. The zero-order chi connectivity index (χ0) is 17.3. The standard InChI is InChI=1S/C13H14F3N3O4/c14-13(15,16)12(23)2-4-19(7-12)10(20)9-5-8(1-3-17-9)6-18-11(21)22/h1,3,5,18,23H,2,4,6-7H2,(H,21,22). The average molecular weight is 333 g/mol. The van der Waals surface area contributed by atoms with Crippen LogP contribution in [0.3, 0.4) is 0 Å². The summed E-state index contributed by atoms with van der Waals surface area (Å²) in [5, 5.41) is 20.2. The number of pyridine rings is 1. The van der Waals surface area contributed by atoms with E-state index in [1.165, 1.54) is 18.3 Å². The molecule has 23 heavy (non-hydrogen) atoms. The van der Waals surface area contributed by atoms with Crippen molar-refractivity contribution in [2.75, 3.05) is 13.1 Å². The summed E-state index contributed by atoms with van der Waals surface area (Å²) >= 11 is 0. The minimum atomic E-state index is -4.82. The van der Waals surface area contributed by atoms with E-state index in [4.69, 9.17) is 5.11 Å². The maximum atomic E-state index is 12.8. The van der Waals surface area contributed by atoms with Crippen LogP contribution in [0.2, 0.25) is 0 Å². The molecule has 2 heterocycles. The summed E-state index contributed by atoms with van der Waals surface area (Å²) in [4.78, 5) is 27.3. The molecule has 1 unspecified atom stereocenters. The van der Waals surface area contributed by atoms with Gasteiger partial charge in [-0.2, -0.15) is 13.2 Å². The van der Waals surface area contributed by atoms with Crippen molar-refractivity contribution < 1.29 is 33.0 Å². The summed E-state index contributed by atoms with van der Waals surface area (Å²) in [7, 11) is 0. The Morgan fingerprint density at radius 2 is 2.13 bits per heavy atom. The molecule has 2 rings (SSSR count). The van der Waals surface area contributed by atoms with E-state index in [9.17, 15) is 27.9 Å². The Balaban J connectivity index is 2.10. The Kier molecular flexibility index (Phi) is 4.46. The summed E-state index contributed by atoms with van der Waals surface area (Å²) in [5.41, 5.74) is -2.58. The number of β-amino-alcohol motifs (C(OH)–C–C–N with tert-alkyl or cyclic N) is 1. The topological polar surface area (TPSA) is 103 Å². The number of aliphatic hydroxyl groups is 1. The van der Waals surface area contributed by atoms with Gasteiger partial charge in [0, 0.05) is 25.7 Å². The van der Waals surface area contributed by atoms with Gasteiger partial charge in [-0.25, -0.2) is 4.79 Å². The Hall–Kier alpha value is -2.36. The largest absolute Gasteiger partial charge is 0.465 e. The van der Waals surface area contributed by atoms with Gasteiger partial charge in [0.2, 0.25) is 0 Å². The van der Waals surface area contributed by atoms with Crippen molar-refractivity contribution in [1.82, 2.24) is 15.2 Å². The van der Waals surface area contributed by atoms with Crippen molar-refractivity contribution in [3.05, 3.63) is 29.6 Å². The number of amides is 2. The number of alkyl halides is 3. The molecule has 0 aliphatic carbocycles. The molecule has 2 amide bonds. The van der Waals surface area contributed by atoms with Crippen molar-refractivity contribution in [2.24, 2.45) is 0 Å². The van der Waals surface area contributed by atoms with Gasteiger partial charge in [-0.3, -0.25) is 9.78 Å². The van der Waals surface area contributed by atoms with Gasteiger partial charge < -0.3 is 20.4 Å². The normalized spacial score (nSPS) is 21.3. The highest BCUT2D eigenvalue weighted by Gasteiger charge is 2.57. The second kappa shape index (κ2) is 6.03. The van der Waals surface area contributed by atoms with E-state index in [2.05, 4.69) is 10.3 Å². The van der Waals surface area contributed by atoms with Crippen LogP contribution in [0.1, 0.15) is 22.5 Å². The maximum absolute atomic E-state index is 12.8. The molecule has 1 fully saturated rings. The number of carbonyl (C=O) groups excluding carboxylic acids is 1. The first kappa shape index (κ1) is 17.0. The van der Waals surface area contributed by atoms with Crippen LogP contribution < -0.4 is 5.32 Å². The summed E-state index contributed by atoms with van der Waals surface area (Å²) in [5.74, 6) is -0.748. The lowest BCUT2D eigenvalue weighted by atomic mass is 10.0. The second-order valence-corrected chi connectivity index (χ2v) is 5.21. The van der Waals surface area contributed by atoms with E-state index < -0.39 is 36.7 Å². The average Bonchev–Trinajstić information content (AvgIpc) is 2.88. The lowest BCUT2D eigenvalue weighted by molar-refractivity contribution is -0.253. The number of rotatable bonds is 3. The van der Waals surface area contributed by atoms with E-state index >= 15 is 0 Å². The zero-order valence-electron chi connectivity index (χ0n) is 11.8. The zero-order valence-corrected chi connectivity index (χ0v) is 11.8. The minimum absolute atomic E-state index is 0.0649. The number of hydrogen-bond donors (Lipinski definition) is 3. The molecular weight excluding hydrogens is 319 g/mol. The molecule has 1 aromatic rings. The van der Waals surface area contributed by atoms with E-state index in [-0.39, 0.29) is 18.8 Å². The molecule has 0 saturated carbocycles. The van der Waals surface area contributed by atoms with Crippen LogP contribution in [-0.4, -0.2) is 57.0 Å². The first-order valence-electron chi connectivity index (χ1n) is 6.62. The quantitative estimate of drug-likeness (QED) is 0.765. The highest BCUT2D eigenvalue weighted by Crippen LogP contribution is 2.37. The van der Waals surface area contributed by atoms with Crippen LogP contribution in [-0.2, 0) is 6.54 Å². The number of halogens is 3. The number of carboxylic acid groups (broad SMARTS) is 1. The summed E-state index contributed by atoms with van der Waals surface area (Å²) < 4.78 is 38.3. The molecule has 0 aromatic carbocycles. The SMILES string of the molecule is O=C(O)NCc1ccnc(C(=O)N2CCC(O)(C(F)(F)F)C2)c1. The Morgan fingerprint density at radius 1 is 1.43 bits per heavy atom. The van der Waals surface area contributed by atoms with Gasteiger partial charge in [-0.1, -0.05) is 0 Å².